The molecule has 0 spiro atoms. The maximum Gasteiger partial charge on any atom is 0.188 e. The van der Waals surface area contributed by atoms with Gasteiger partial charge in [-0.15, -0.1) is 0 Å². The van der Waals surface area contributed by atoms with E-state index in [4.69, 9.17) is 5.73 Å². The number of nitrogens with two attached hydrogens (primary N) is 1. The van der Waals surface area contributed by atoms with Gasteiger partial charge in [-0.25, -0.2) is 4.39 Å². The third kappa shape index (κ3) is 1.04. The van der Waals surface area contributed by atoms with Crippen LogP contribution in [0.2, 0.25) is 0 Å². The first-order valence-electron chi connectivity index (χ1n) is 4.58. The van der Waals surface area contributed by atoms with Gasteiger partial charge in [-0.05, 0) is 18.8 Å². The van der Waals surface area contributed by atoms with Gasteiger partial charge in [0.05, 0.1) is 5.69 Å². The molecule has 4 heteroatoms. The Balaban J connectivity index is 2.41. The van der Waals surface area contributed by atoms with Crippen molar-refractivity contribution < 1.29 is 4.39 Å². The molecule has 0 radical (unpaired) electrons. The van der Waals surface area contributed by atoms with E-state index in [1.54, 1.807) is 0 Å². The summed E-state index contributed by atoms with van der Waals surface area (Å²) in [5, 5.41) is 6.39. The summed E-state index contributed by atoms with van der Waals surface area (Å²) in [6, 6.07) is 0. The van der Waals surface area contributed by atoms with E-state index in [2.05, 4.69) is 24.0 Å². The molecule has 0 bridgehead atoms. The van der Waals surface area contributed by atoms with E-state index in [1.807, 2.05) is 0 Å². The predicted octanol–water partition coefficient (Wildman–Crippen LogP) is 1.82. The van der Waals surface area contributed by atoms with E-state index in [0.29, 0.717) is 11.6 Å². The van der Waals surface area contributed by atoms with Crippen molar-refractivity contribution in [1.29, 1.82) is 0 Å². The fourth-order valence-electron chi connectivity index (χ4n) is 1.92. The summed E-state index contributed by atoms with van der Waals surface area (Å²) in [4.78, 5) is 0. The molecule has 0 aromatic carbocycles. The Labute approximate surface area is 76.5 Å². The molecule has 0 amide bonds. The van der Waals surface area contributed by atoms with Crippen LogP contribution < -0.4 is 5.73 Å². The number of hydrogen-bond acceptors (Lipinski definition) is 2. The van der Waals surface area contributed by atoms with Gasteiger partial charge in [0.25, 0.3) is 0 Å². The Morgan fingerprint density at radius 1 is 1.54 bits per heavy atom. The smallest absolute Gasteiger partial charge is 0.188 e. The number of hydrogen-bond donors (Lipinski definition) is 2. The molecular formula is C9H14FN3. The highest BCUT2D eigenvalue weighted by atomic mass is 19.1. The van der Waals surface area contributed by atoms with E-state index >= 15 is 0 Å². The van der Waals surface area contributed by atoms with E-state index in [-0.39, 0.29) is 17.1 Å². The lowest BCUT2D eigenvalue weighted by molar-refractivity contribution is 0.446. The van der Waals surface area contributed by atoms with Crippen LogP contribution in [0.15, 0.2) is 0 Å². The van der Waals surface area contributed by atoms with E-state index in [9.17, 15) is 4.39 Å². The van der Waals surface area contributed by atoms with Crippen molar-refractivity contribution in [3.63, 3.8) is 0 Å². The Bertz CT molecular complexity index is 326. The largest absolute Gasteiger partial charge is 0.380 e. The second kappa shape index (κ2) is 2.47. The quantitative estimate of drug-likeness (QED) is 0.734. The molecule has 0 atom stereocenters. The van der Waals surface area contributed by atoms with Crippen molar-refractivity contribution in [3.8, 4) is 0 Å². The first-order chi connectivity index (χ1) is 6.08. The van der Waals surface area contributed by atoms with Crippen molar-refractivity contribution in [2.45, 2.75) is 32.1 Å². The van der Waals surface area contributed by atoms with Gasteiger partial charge in [0, 0.05) is 5.41 Å². The van der Waals surface area contributed by atoms with Crippen LogP contribution in [0.1, 0.15) is 32.4 Å². The summed E-state index contributed by atoms with van der Waals surface area (Å²) >= 11 is 0. The van der Waals surface area contributed by atoms with Crippen molar-refractivity contribution >= 4 is 5.82 Å². The monoisotopic (exact) mass is 183 g/mol. The number of rotatable bonds is 2. The van der Waals surface area contributed by atoms with Crippen LogP contribution in [0.5, 0.6) is 0 Å². The van der Waals surface area contributed by atoms with Gasteiger partial charge in [0.2, 0.25) is 0 Å². The molecule has 13 heavy (non-hydrogen) atoms. The van der Waals surface area contributed by atoms with E-state index < -0.39 is 0 Å². The maximum absolute atomic E-state index is 13.4. The highest BCUT2D eigenvalue weighted by molar-refractivity contribution is 5.38. The van der Waals surface area contributed by atoms with Crippen molar-refractivity contribution in [2.75, 3.05) is 5.73 Å². The van der Waals surface area contributed by atoms with Crippen LogP contribution in [0.4, 0.5) is 10.2 Å². The molecular weight excluding hydrogens is 169 g/mol. The number of aromatic amines is 1. The lowest BCUT2D eigenvalue weighted by Gasteiger charge is -2.17. The molecule has 0 unspecified atom stereocenters. The minimum absolute atomic E-state index is 0.0121. The number of aromatic nitrogens is 2. The molecule has 1 aromatic rings. The second-order valence-corrected chi connectivity index (χ2v) is 4.11. The summed E-state index contributed by atoms with van der Waals surface area (Å²) in [5.41, 5.74) is 5.93. The standard InChI is InChI=1S/C9H14FN3/c1-5(2)9(3-4-9)7-6(10)8(11)13-12-7/h5H,3-4H2,1-2H3,(H3,11,12,13). The van der Waals surface area contributed by atoms with Crippen LogP contribution in [0.25, 0.3) is 0 Å². The van der Waals surface area contributed by atoms with Crippen LogP contribution >= 0.6 is 0 Å². The minimum Gasteiger partial charge on any atom is -0.380 e. The third-order valence-corrected chi connectivity index (χ3v) is 3.12. The summed E-state index contributed by atoms with van der Waals surface area (Å²) in [7, 11) is 0. The molecule has 1 aliphatic rings. The van der Waals surface area contributed by atoms with Gasteiger partial charge in [0.1, 0.15) is 0 Å². The van der Waals surface area contributed by atoms with Crippen molar-refractivity contribution in [1.82, 2.24) is 10.2 Å². The first-order valence-corrected chi connectivity index (χ1v) is 4.58. The SMILES string of the molecule is CC(C)C1(c2[nH]nc(N)c2F)CC1. The zero-order chi connectivity index (χ0) is 9.64. The highest BCUT2D eigenvalue weighted by Gasteiger charge is 2.50. The zero-order valence-electron chi connectivity index (χ0n) is 7.89. The van der Waals surface area contributed by atoms with Crippen LogP contribution in [0, 0.1) is 11.7 Å². The molecule has 2 rings (SSSR count). The molecule has 1 heterocycles. The lowest BCUT2D eigenvalue weighted by atomic mass is 9.89. The average Bonchev–Trinajstić information content (AvgIpc) is 2.80. The molecule has 1 aliphatic carbocycles. The molecule has 1 saturated carbocycles. The molecule has 72 valence electrons. The third-order valence-electron chi connectivity index (χ3n) is 3.12. The van der Waals surface area contributed by atoms with Gasteiger partial charge in [0.15, 0.2) is 11.6 Å². The number of nitrogens with one attached hydrogen (secondary N) is 1. The van der Waals surface area contributed by atoms with E-state index in [0.717, 1.165) is 12.8 Å². The van der Waals surface area contributed by atoms with Gasteiger partial charge < -0.3 is 5.73 Å². The predicted molar refractivity (Wildman–Crippen MR) is 48.7 cm³/mol. The number of halogens is 1. The Kier molecular flexibility index (Phi) is 1.62. The summed E-state index contributed by atoms with van der Waals surface area (Å²) in [6.07, 6.45) is 2.06. The first kappa shape index (κ1) is 8.53. The number of H-pyrrole nitrogens is 1. The zero-order valence-corrected chi connectivity index (χ0v) is 7.89. The Morgan fingerprint density at radius 2 is 2.15 bits per heavy atom. The van der Waals surface area contributed by atoms with E-state index in [1.165, 1.54) is 0 Å². The molecule has 0 saturated heterocycles. The Hall–Kier alpha value is -1.06. The maximum atomic E-state index is 13.4. The number of anilines is 1. The minimum atomic E-state index is -0.355. The molecule has 3 N–H and O–H groups in total. The van der Waals surface area contributed by atoms with Crippen molar-refractivity contribution in [3.05, 3.63) is 11.5 Å². The molecule has 1 fully saturated rings. The number of nitrogens with zero attached hydrogens (tertiary/aromatic N) is 1. The van der Waals surface area contributed by atoms with Crippen molar-refractivity contribution in [2.24, 2.45) is 5.92 Å². The lowest BCUT2D eigenvalue weighted by Crippen LogP contribution is -2.16. The highest BCUT2D eigenvalue weighted by Crippen LogP contribution is 2.54. The molecule has 1 aromatic heterocycles. The van der Waals surface area contributed by atoms with Crippen LogP contribution in [-0.4, -0.2) is 10.2 Å². The van der Waals surface area contributed by atoms with Crippen LogP contribution in [0.3, 0.4) is 0 Å². The molecule has 0 aliphatic heterocycles. The Morgan fingerprint density at radius 3 is 2.46 bits per heavy atom. The fraction of sp³-hybridized carbons (Fsp3) is 0.667. The summed E-state index contributed by atoms with van der Waals surface area (Å²) in [6.45, 7) is 4.20. The topological polar surface area (TPSA) is 54.7 Å². The van der Waals surface area contributed by atoms with Gasteiger partial charge in [-0.1, -0.05) is 13.8 Å². The van der Waals surface area contributed by atoms with Gasteiger partial charge in [-0.2, -0.15) is 5.10 Å². The van der Waals surface area contributed by atoms with Gasteiger partial charge >= 0.3 is 0 Å². The number of nitrogen functional groups attached to an aromatic ring is 1. The summed E-state index contributed by atoms with van der Waals surface area (Å²) < 4.78 is 13.4. The fourth-order valence-corrected chi connectivity index (χ4v) is 1.92. The molecule has 3 nitrogen and oxygen atoms in total. The second-order valence-electron chi connectivity index (χ2n) is 4.11. The average molecular weight is 183 g/mol. The van der Waals surface area contributed by atoms with Crippen LogP contribution in [-0.2, 0) is 5.41 Å². The van der Waals surface area contributed by atoms with Gasteiger partial charge in [-0.3, -0.25) is 5.10 Å². The summed E-state index contributed by atoms with van der Waals surface area (Å²) in [5.74, 6) is 0.0648. The normalized spacial score (nSPS) is 19.4.